The minimum atomic E-state index is -3.35. The number of amidine groups is 1. The number of oxime groups is 2. The fourth-order valence-corrected chi connectivity index (χ4v) is 5.34. The lowest BCUT2D eigenvalue weighted by Crippen LogP contribution is -2.25. The van der Waals surface area contributed by atoms with Gasteiger partial charge in [-0.25, -0.2) is 13.4 Å². The quantitative estimate of drug-likeness (QED) is 0.221. The fraction of sp³-hybridized carbons (Fsp3) is 0.368. The van der Waals surface area contributed by atoms with Crippen molar-refractivity contribution in [2.24, 2.45) is 16.0 Å². The Bertz CT molecular complexity index is 1150. The number of nitrogens with one attached hydrogen (secondary N) is 1. The Hall–Kier alpha value is -3.03. The van der Waals surface area contributed by atoms with E-state index in [9.17, 15) is 13.2 Å². The molecule has 170 valence electrons. The van der Waals surface area contributed by atoms with E-state index in [-0.39, 0.29) is 32.9 Å². The van der Waals surface area contributed by atoms with Crippen molar-refractivity contribution >= 4 is 43.8 Å². The van der Waals surface area contributed by atoms with Crippen molar-refractivity contribution in [2.45, 2.75) is 35.5 Å². The molecule has 0 unspecified atom stereocenters. The van der Waals surface area contributed by atoms with Gasteiger partial charge in [0.05, 0.1) is 34.4 Å². The number of amides is 1. The molecule has 2 aliphatic rings. The first-order chi connectivity index (χ1) is 15.4. The van der Waals surface area contributed by atoms with Crippen molar-refractivity contribution in [1.82, 2.24) is 4.98 Å². The van der Waals surface area contributed by atoms with Crippen molar-refractivity contribution in [3.8, 4) is 0 Å². The molecule has 1 aromatic heterocycles. The van der Waals surface area contributed by atoms with Crippen LogP contribution in [-0.2, 0) is 24.2 Å². The average Bonchev–Trinajstić information content (AvgIpc) is 3.35. The Labute approximate surface area is 187 Å². The summed E-state index contributed by atoms with van der Waals surface area (Å²) in [5, 5.41) is 18.2. The Balaban J connectivity index is 1.57. The molecule has 2 fully saturated rings. The topological polar surface area (TPSA) is 166 Å². The van der Waals surface area contributed by atoms with Gasteiger partial charge >= 0.3 is 0 Å². The van der Waals surface area contributed by atoms with Crippen molar-refractivity contribution in [2.75, 3.05) is 18.5 Å². The van der Waals surface area contributed by atoms with Crippen molar-refractivity contribution in [1.29, 1.82) is 0 Å². The van der Waals surface area contributed by atoms with E-state index in [1.807, 2.05) is 0 Å². The summed E-state index contributed by atoms with van der Waals surface area (Å²) in [7, 11) is -3.35. The predicted molar refractivity (Wildman–Crippen MR) is 117 cm³/mol. The van der Waals surface area contributed by atoms with Gasteiger partial charge in [-0.05, 0) is 25.0 Å². The Morgan fingerprint density at radius 2 is 2.03 bits per heavy atom. The highest BCUT2D eigenvalue weighted by Gasteiger charge is 2.36. The summed E-state index contributed by atoms with van der Waals surface area (Å²) >= 11 is 1.01. The second-order valence-electron chi connectivity index (χ2n) is 7.27. The predicted octanol–water partition coefficient (Wildman–Crippen LogP) is 1.32. The molecule has 1 aromatic carbocycles. The number of nitrogens with zero attached hydrogens (tertiary/aromatic N) is 3. The van der Waals surface area contributed by atoms with Crippen LogP contribution in [0.15, 0.2) is 45.7 Å². The highest BCUT2D eigenvalue weighted by atomic mass is 32.2. The normalized spacial score (nSPS) is 19.7. The summed E-state index contributed by atoms with van der Waals surface area (Å²) in [5.41, 5.74) is 5.87. The molecule has 13 heteroatoms. The number of anilines is 1. The number of rotatable bonds is 8. The zero-order chi connectivity index (χ0) is 22.7. The van der Waals surface area contributed by atoms with E-state index in [1.54, 1.807) is 0 Å². The molecule has 0 bridgehead atoms. The van der Waals surface area contributed by atoms with Gasteiger partial charge in [0.1, 0.15) is 0 Å². The summed E-state index contributed by atoms with van der Waals surface area (Å²) in [6, 6.07) is 5.96. The van der Waals surface area contributed by atoms with E-state index >= 15 is 0 Å². The van der Waals surface area contributed by atoms with Crippen LogP contribution in [0.25, 0.3) is 0 Å². The summed E-state index contributed by atoms with van der Waals surface area (Å²) in [6.45, 7) is 0.914. The van der Waals surface area contributed by atoms with Gasteiger partial charge in [0.25, 0.3) is 5.91 Å². The molecule has 4 N–H and O–H groups in total. The molecule has 1 saturated carbocycles. The molecule has 0 radical (unpaired) electrons. The van der Waals surface area contributed by atoms with E-state index in [0.717, 1.165) is 11.3 Å². The first-order valence-corrected chi connectivity index (χ1v) is 12.2. The Morgan fingerprint density at radius 3 is 2.66 bits per heavy atom. The van der Waals surface area contributed by atoms with Crippen molar-refractivity contribution < 1.29 is 28.0 Å². The Kier molecular flexibility index (Phi) is 6.39. The van der Waals surface area contributed by atoms with E-state index < -0.39 is 15.7 Å². The third kappa shape index (κ3) is 4.89. The van der Waals surface area contributed by atoms with Crippen LogP contribution in [-0.4, -0.2) is 60.6 Å². The zero-order valence-electron chi connectivity index (χ0n) is 16.8. The number of carbonyl (C=O) groups excluding carboxylic acids is 1. The summed E-state index contributed by atoms with van der Waals surface area (Å²) in [6.07, 6.45) is 3.05. The van der Waals surface area contributed by atoms with Crippen LogP contribution < -0.4 is 11.1 Å². The maximum atomic E-state index is 13.0. The number of carbonyl (C=O) groups is 1. The second kappa shape index (κ2) is 9.22. The van der Waals surface area contributed by atoms with Gasteiger partial charge in [-0.15, -0.1) is 0 Å². The third-order valence-electron chi connectivity index (χ3n) is 4.90. The highest BCUT2D eigenvalue weighted by molar-refractivity contribution is 7.92. The van der Waals surface area contributed by atoms with Crippen LogP contribution >= 0.6 is 11.3 Å². The molecule has 2 heterocycles. The van der Waals surface area contributed by atoms with Gasteiger partial charge in [-0.1, -0.05) is 33.8 Å². The molecule has 1 atom stereocenters. The summed E-state index contributed by atoms with van der Waals surface area (Å²) < 4.78 is 30.1. The third-order valence-corrected chi connectivity index (χ3v) is 8.12. The number of ether oxygens (including phenoxy) is 1. The van der Waals surface area contributed by atoms with E-state index in [2.05, 4.69) is 20.6 Å². The lowest BCUT2D eigenvalue weighted by atomic mass is 10.1. The molecule has 32 heavy (non-hydrogen) atoms. The SMILES string of the molecule is N/C(=N/O)c1cnc(NC(=O)/C(=N/O[C@@H]2CCOC2)c2ccc(S(=O)(=O)C3CC3)cc2)s1. The number of thiazole rings is 1. The molecular weight excluding hydrogens is 458 g/mol. The van der Waals surface area contributed by atoms with Gasteiger partial charge in [-0.2, -0.15) is 0 Å². The minimum Gasteiger partial charge on any atom is -0.409 e. The van der Waals surface area contributed by atoms with Crippen LogP contribution in [0.5, 0.6) is 0 Å². The minimum absolute atomic E-state index is 0.0483. The second-order valence-corrected chi connectivity index (χ2v) is 10.5. The lowest BCUT2D eigenvalue weighted by Gasteiger charge is -2.10. The highest BCUT2D eigenvalue weighted by Crippen LogP contribution is 2.33. The van der Waals surface area contributed by atoms with Gasteiger partial charge in [-0.3, -0.25) is 10.1 Å². The lowest BCUT2D eigenvalue weighted by molar-refractivity contribution is -0.110. The van der Waals surface area contributed by atoms with Gasteiger partial charge in [0, 0.05) is 12.0 Å². The van der Waals surface area contributed by atoms with Crippen LogP contribution in [0.1, 0.15) is 29.7 Å². The van der Waals surface area contributed by atoms with Gasteiger partial charge in [0.2, 0.25) is 0 Å². The van der Waals surface area contributed by atoms with E-state index in [1.165, 1.54) is 30.5 Å². The molecular formula is C19H21N5O6S2. The maximum Gasteiger partial charge on any atom is 0.280 e. The summed E-state index contributed by atoms with van der Waals surface area (Å²) in [5.74, 6) is -0.740. The number of sulfone groups is 1. The van der Waals surface area contributed by atoms with Gasteiger partial charge < -0.3 is 20.5 Å². The molecule has 2 aromatic rings. The van der Waals surface area contributed by atoms with Crippen molar-refractivity contribution in [3.05, 3.63) is 40.9 Å². The number of hydrogen-bond donors (Lipinski definition) is 3. The first-order valence-electron chi connectivity index (χ1n) is 9.79. The first kappa shape index (κ1) is 22.2. The number of nitrogens with two attached hydrogens (primary N) is 1. The van der Waals surface area contributed by atoms with Crippen LogP contribution in [0, 0.1) is 0 Å². The average molecular weight is 480 g/mol. The van der Waals surface area contributed by atoms with Crippen molar-refractivity contribution in [3.63, 3.8) is 0 Å². The maximum absolute atomic E-state index is 13.0. The zero-order valence-corrected chi connectivity index (χ0v) is 18.4. The fourth-order valence-electron chi connectivity index (χ4n) is 2.98. The molecule has 4 rings (SSSR count). The largest absolute Gasteiger partial charge is 0.409 e. The molecule has 1 amide bonds. The number of aromatic nitrogens is 1. The van der Waals surface area contributed by atoms with Crippen LogP contribution in [0.2, 0.25) is 0 Å². The smallest absolute Gasteiger partial charge is 0.280 e. The Morgan fingerprint density at radius 1 is 1.28 bits per heavy atom. The number of hydrogen-bond acceptors (Lipinski definition) is 10. The molecule has 1 aliphatic heterocycles. The molecule has 1 aliphatic carbocycles. The van der Waals surface area contributed by atoms with Crippen LogP contribution in [0.3, 0.4) is 0 Å². The molecule has 11 nitrogen and oxygen atoms in total. The molecule has 1 saturated heterocycles. The molecule has 0 spiro atoms. The van der Waals surface area contributed by atoms with Crippen LogP contribution in [0.4, 0.5) is 5.13 Å². The summed E-state index contributed by atoms with van der Waals surface area (Å²) in [4.78, 5) is 23.0. The van der Waals surface area contributed by atoms with E-state index in [0.29, 0.717) is 42.9 Å². The monoisotopic (exact) mass is 479 g/mol. The standard InChI is InChI=1S/C19H21N5O6S2/c20-17(23-26)15-9-21-19(31-15)22-18(25)16(24-30-12-7-8-29-10-12)11-1-3-13(4-2-11)32(27,28)14-5-6-14/h1-4,9,12,14,26H,5-8,10H2,(H2,20,23)(H,21,22,25)/b24-16+/t12-/m1/s1. The van der Waals surface area contributed by atoms with Gasteiger partial charge in [0.15, 0.2) is 32.6 Å². The van der Waals surface area contributed by atoms with E-state index in [4.69, 9.17) is 20.5 Å². The number of benzene rings is 1.